The Labute approximate surface area is 188 Å². The van der Waals surface area contributed by atoms with Gasteiger partial charge >= 0.3 is 0 Å². The highest BCUT2D eigenvalue weighted by Gasteiger charge is 2.33. The van der Waals surface area contributed by atoms with Gasteiger partial charge in [0.2, 0.25) is 0 Å². The molecule has 5 rings (SSSR count). The van der Waals surface area contributed by atoms with Crippen LogP contribution in [-0.2, 0) is 21.1 Å². The molecule has 0 aliphatic carbocycles. The number of sulfone groups is 1. The maximum atomic E-state index is 12.8. The summed E-state index contributed by atoms with van der Waals surface area (Å²) in [6.45, 7) is 4.87. The Morgan fingerprint density at radius 2 is 2.00 bits per heavy atom. The van der Waals surface area contributed by atoms with Crippen molar-refractivity contribution >= 4 is 32.2 Å². The van der Waals surface area contributed by atoms with E-state index in [0.717, 1.165) is 46.5 Å². The zero-order valence-electron chi connectivity index (χ0n) is 18.2. The van der Waals surface area contributed by atoms with Gasteiger partial charge < -0.3 is 20.7 Å². The summed E-state index contributed by atoms with van der Waals surface area (Å²) < 4.78 is 30.8. The van der Waals surface area contributed by atoms with Crippen LogP contribution in [0.1, 0.15) is 17.5 Å². The van der Waals surface area contributed by atoms with Crippen LogP contribution in [0, 0.1) is 6.92 Å². The molecule has 8 heteroatoms. The van der Waals surface area contributed by atoms with Gasteiger partial charge in [-0.1, -0.05) is 29.8 Å². The molecule has 1 aromatic heterocycles. The van der Waals surface area contributed by atoms with Crippen LogP contribution in [0.3, 0.4) is 0 Å². The quantitative estimate of drug-likeness (QED) is 0.614. The number of pyridine rings is 1. The van der Waals surface area contributed by atoms with Crippen molar-refractivity contribution in [3.8, 4) is 0 Å². The molecule has 0 unspecified atom stereocenters. The third kappa shape index (κ3) is 4.05. The second-order valence-corrected chi connectivity index (χ2v) is 11.0. The molecule has 1 saturated heterocycles. The number of nitrogens with two attached hydrogens (primary N) is 1. The molecule has 0 radical (unpaired) electrons. The highest BCUT2D eigenvalue weighted by molar-refractivity contribution is 7.91. The van der Waals surface area contributed by atoms with Crippen molar-refractivity contribution in [2.24, 2.45) is 5.73 Å². The van der Waals surface area contributed by atoms with Crippen LogP contribution in [-0.4, -0.2) is 51.0 Å². The monoisotopic (exact) mass is 452 g/mol. The van der Waals surface area contributed by atoms with Crippen molar-refractivity contribution in [2.45, 2.75) is 30.3 Å². The molecule has 2 aliphatic rings. The first-order valence-corrected chi connectivity index (χ1v) is 12.6. The van der Waals surface area contributed by atoms with Gasteiger partial charge in [0.15, 0.2) is 9.84 Å². The van der Waals surface area contributed by atoms with Crippen molar-refractivity contribution in [1.82, 2.24) is 4.98 Å². The number of benzene rings is 2. The zero-order chi connectivity index (χ0) is 22.3. The maximum Gasteiger partial charge on any atom is 0.180 e. The molecule has 0 atom stereocenters. The fourth-order valence-electron chi connectivity index (χ4n) is 4.35. The second kappa shape index (κ2) is 8.03. The number of ether oxygens (including phenoxy) is 1. The Balaban J connectivity index is 1.49. The van der Waals surface area contributed by atoms with Crippen molar-refractivity contribution in [2.75, 3.05) is 42.3 Å². The van der Waals surface area contributed by atoms with E-state index in [4.69, 9.17) is 15.5 Å². The van der Waals surface area contributed by atoms with Crippen LogP contribution < -0.4 is 16.0 Å². The number of anilines is 2. The number of hydrogen-bond donors (Lipinski definition) is 2. The van der Waals surface area contributed by atoms with E-state index < -0.39 is 9.84 Å². The summed E-state index contributed by atoms with van der Waals surface area (Å²) in [6, 6.07) is 15.5. The predicted octanol–water partition coefficient (Wildman–Crippen LogP) is 2.87. The molecule has 3 N–H and O–H groups in total. The third-order valence-electron chi connectivity index (χ3n) is 6.29. The van der Waals surface area contributed by atoms with Gasteiger partial charge in [-0.15, -0.1) is 0 Å². The van der Waals surface area contributed by atoms with Gasteiger partial charge in [0, 0.05) is 36.8 Å². The molecular formula is C24H28N4O3S. The highest BCUT2D eigenvalue weighted by atomic mass is 32.2. The lowest BCUT2D eigenvalue weighted by Crippen LogP contribution is -2.58. The Kier molecular flexibility index (Phi) is 5.31. The van der Waals surface area contributed by atoms with E-state index in [1.807, 2.05) is 30.3 Å². The Bertz CT molecular complexity index is 1270. The summed E-state index contributed by atoms with van der Waals surface area (Å²) in [4.78, 5) is 7.37. The molecule has 168 valence electrons. The Morgan fingerprint density at radius 3 is 2.78 bits per heavy atom. The molecule has 3 aromatic rings. The van der Waals surface area contributed by atoms with Gasteiger partial charge in [-0.2, -0.15) is 0 Å². The van der Waals surface area contributed by atoms with Gasteiger partial charge in [0.1, 0.15) is 5.82 Å². The van der Waals surface area contributed by atoms with E-state index >= 15 is 0 Å². The van der Waals surface area contributed by atoms with Crippen LogP contribution in [0.5, 0.6) is 0 Å². The number of aryl methyl sites for hydroxylation is 1. The van der Waals surface area contributed by atoms with Gasteiger partial charge in [0.05, 0.1) is 34.9 Å². The molecule has 7 nitrogen and oxygen atoms in total. The van der Waals surface area contributed by atoms with E-state index in [1.54, 1.807) is 12.1 Å². The summed E-state index contributed by atoms with van der Waals surface area (Å²) in [5.41, 5.74) is 9.87. The second-order valence-electron chi connectivity index (χ2n) is 8.93. The first kappa shape index (κ1) is 21.2. The average Bonchev–Trinajstić information content (AvgIpc) is 2.89. The lowest BCUT2D eigenvalue weighted by molar-refractivity contribution is -0.0555. The smallest absolute Gasteiger partial charge is 0.180 e. The summed E-state index contributed by atoms with van der Waals surface area (Å²) in [5, 5.41) is 4.60. The van der Waals surface area contributed by atoms with E-state index in [0.29, 0.717) is 31.2 Å². The van der Waals surface area contributed by atoms with Crippen molar-refractivity contribution in [3.63, 3.8) is 0 Å². The highest BCUT2D eigenvalue weighted by Crippen LogP contribution is 2.31. The molecule has 0 spiro atoms. The minimum Gasteiger partial charge on any atom is -0.384 e. The van der Waals surface area contributed by atoms with Gasteiger partial charge in [0.25, 0.3) is 0 Å². The Hall–Kier alpha value is -2.68. The zero-order valence-corrected chi connectivity index (χ0v) is 19.0. The predicted molar refractivity (Wildman–Crippen MR) is 127 cm³/mol. The molecule has 32 heavy (non-hydrogen) atoms. The SMILES string of the molecule is Cc1ccc2nc(N3CCS(=O)(=O)c4ccccc4C3)cc(NCCC3(N)COC3)c2c1. The molecule has 3 heterocycles. The maximum absolute atomic E-state index is 12.8. The van der Waals surface area contributed by atoms with Crippen LogP contribution in [0.25, 0.3) is 10.9 Å². The summed E-state index contributed by atoms with van der Waals surface area (Å²) in [6.07, 6.45) is 0.813. The largest absolute Gasteiger partial charge is 0.384 e. The molecule has 2 aromatic carbocycles. The van der Waals surface area contributed by atoms with Gasteiger partial charge in [-0.25, -0.2) is 13.4 Å². The minimum absolute atomic E-state index is 0.0656. The van der Waals surface area contributed by atoms with Crippen LogP contribution in [0.15, 0.2) is 53.4 Å². The average molecular weight is 453 g/mol. The van der Waals surface area contributed by atoms with Crippen molar-refractivity contribution in [1.29, 1.82) is 0 Å². The van der Waals surface area contributed by atoms with E-state index in [-0.39, 0.29) is 11.3 Å². The van der Waals surface area contributed by atoms with Crippen LogP contribution in [0.2, 0.25) is 0 Å². The molecule has 0 saturated carbocycles. The normalized spacial score (nSPS) is 19.1. The summed E-state index contributed by atoms with van der Waals surface area (Å²) in [7, 11) is -3.32. The van der Waals surface area contributed by atoms with Crippen LogP contribution in [0.4, 0.5) is 11.5 Å². The third-order valence-corrected chi connectivity index (χ3v) is 8.08. The number of nitrogens with one attached hydrogen (secondary N) is 1. The minimum atomic E-state index is -3.32. The first-order chi connectivity index (χ1) is 15.3. The number of fused-ring (bicyclic) bond motifs is 2. The van der Waals surface area contributed by atoms with Crippen molar-refractivity contribution in [3.05, 3.63) is 59.7 Å². The van der Waals surface area contributed by atoms with E-state index in [9.17, 15) is 8.42 Å². The Morgan fingerprint density at radius 1 is 1.19 bits per heavy atom. The number of nitrogens with zero attached hydrogens (tertiary/aromatic N) is 2. The molecular weight excluding hydrogens is 424 g/mol. The lowest BCUT2D eigenvalue weighted by Gasteiger charge is -2.37. The molecule has 1 fully saturated rings. The number of aromatic nitrogens is 1. The fraction of sp³-hybridized carbons (Fsp3) is 0.375. The van der Waals surface area contributed by atoms with Crippen LogP contribution >= 0.6 is 0 Å². The number of rotatable bonds is 5. The van der Waals surface area contributed by atoms with Gasteiger partial charge in [-0.05, 0) is 37.1 Å². The topological polar surface area (TPSA) is 97.6 Å². The summed E-state index contributed by atoms with van der Waals surface area (Å²) in [5.74, 6) is 0.834. The first-order valence-electron chi connectivity index (χ1n) is 10.9. The van der Waals surface area contributed by atoms with Gasteiger partial charge in [-0.3, -0.25) is 0 Å². The van der Waals surface area contributed by atoms with Crippen molar-refractivity contribution < 1.29 is 13.2 Å². The molecule has 2 aliphatic heterocycles. The summed E-state index contributed by atoms with van der Waals surface area (Å²) >= 11 is 0. The standard InChI is InChI=1S/C24H28N4O3S/c1-17-6-7-20-19(12-17)21(26-9-8-24(25)15-31-16-24)13-23(27-20)28-10-11-32(29,30)22-5-3-2-4-18(22)14-28/h2-7,12-13H,8-11,14-16,25H2,1H3,(H,26,27). The van der Waals surface area contributed by atoms with E-state index in [2.05, 4.69) is 23.2 Å². The van der Waals surface area contributed by atoms with E-state index in [1.165, 1.54) is 0 Å². The number of hydrogen-bond acceptors (Lipinski definition) is 7. The lowest BCUT2D eigenvalue weighted by atomic mass is 9.95. The fourth-order valence-corrected chi connectivity index (χ4v) is 5.85. The molecule has 0 amide bonds. The molecule has 0 bridgehead atoms.